The molecule has 0 saturated carbocycles. The molecule has 0 spiro atoms. The molecule has 0 radical (unpaired) electrons. The molecule has 1 N–H and O–H groups in total. The van der Waals surface area contributed by atoms with E-state index in [2.05, 4.69) is 4.98 Å². The third-order valence-electron chi connectivity index (χ3n) is 4.37. The van der Waals surface area contributed by atoms with Crippen LogP contribution in [0.3, 0.4) is 0 Å². The molecule has 0 saturated heterocycles. The Hall–Kier alpha value is -3.72. The maximum Gasteiger partial charge on any atom is 0.337 e. The van der Waals surface area contributed by atoms with E-state index in [9.17, 15) is 23.1 Å². The Balaban J connectivity index is 2.24. The third kappa shape index (κ3) is 4.15. The fourth-order valence-electron chi connectivity index (χ4n) is 2.92. The van der Waals surface area contributed by atoms with Gasteiger partial charge < -0.3 is 9.84 Å². The van der Waals surface area contributed by atoms with E-state index >= 15 is 0 Å². The molecule has 0 fully saturated rings. The second-order valence-electron chi connectivity index (χ2n) is 6.21. The van der Waals surface area contributed by atoms with Gasteiger partial charge in [0.2, 0.25) is 0 Å². The Morgan fingerprint density at radius 2 is 1.87 bits per heavy atom. The first-order valence-corrected chi connectivity index (χ1v) is 10.2. The molecule has 3 rings (SSSR count). The van der Waals surface area contributed by atoms with Gasteiger partial charge in [-0.3, -0.25) is 14.1 Å². The molecule has 0 bridgehead atoms. The molecule has 0 amide bonds. The van der Waals surface area contributed by atoms with Gasteiger partial charge in [-0.1, -0.05) is 12.1 Å². The number of carbonyl (C=O) groups excluding carboxylic acids is 1. The summed E-state index contributed by atoms with van der Waals surface area (Å²) in [7, 11) is -2.78. The summed E-state index contributed by atoms with van der Waals surface area (Å²) in [5, 5.41) is 9.64. The number of benzene rings is 2. The Kier molecular flexibility index (Phi) is 6.12. The zero-order valence-corrected chi connectivity index (χ0v) is 16.7. The molecular weight excluding hydrogens is 408 g/mol. The lowest BCUT2D eigenvalue weighted by Crippen LogP contribution is -2.33. The zero-order valence-electron chi connectivity index (χ0n) is 15.9. The molecule has 154 valence electrons. The Bertz CT molecular complexity index is 1160. The van der Waals surface area contributed by atoms with E-state index < -0.39 is 16.0 Å². The van der Waals surface area contributed by atoms with Crippen LogP contribution in [0.25, 0.3) is 0 Å². The topological polar surface area (TPSA) is 114 Å². The molecule has 3 aromatic rings. The van der Waals surface area contributed by atoms with Crippen LogP contribution >= 0.6 is 0 Å². The number of anilines is 1. The van der Waals surface area contributed by atoms with Crippen molar-refractivity contribution in [3.63, 3.8) is 0 Å². The van der Waals surface area contributed by atoms with Gasteiger partial charge in [-0.05, 0) is 48.0 Å². The van der Waals surface area contributed by atoms with Gasteiger partial charge in [0, 0.05) is 18.0 Å². The summed E-state index contributed by atoms with van der Waals surface area (Å²) in [5.74, 6) is -0.887. The van der Waals surface area contributed by atoms with Gasteiger partial charge in [0.05, 0.1) is 29.8 Å². The van der Waals surface area contributed by atoms with E-state index in [0.717, 1.165) is 4.31 Å². The van der Waals surface area contributed by atoms with Gasteiger partial charge in [0.15, 0.2) is 6.29 Å². The third-order valence-corrected chi connectivity index (χ3v) is 6.13. The van der Waals surface area contributed by atoms with Crippen molar-refractivity contribution < 1.29 is 27.9 Å². The Morgan fingerprint density at radius 3 is 2.43 bits per heavy atom. The van der Waals surface area contributed by atoms with Gasteiger partial charge in [0.1, 0.15) is 5.75 Å². The minimum atomic E-state index is -4.24. The molecule has 0 aliphatic rings. The van der Waals surface area contributed by atoms with E-state index in [-0.39, 0.29) is 28.3 Å². The molecule has 8 nitrogen and oxygen atoms in total. The number of carboxylic acid groups (broad SMARTS) is 1. The lowest BCUT2D eigenvalue weighted by Gasteiger charge is -2.27. The van der Waals surface area contributed by atoms with Crippen LogP contribution < -0.4 is 9.04 Å². The predicted molar refractivity (Wildman–Crippen MR) is 109 cm³/mol. The van der Waals surface area contributed by atoms with Gasteiger partial charge >= 0.3 is 5.97 Å². The highest BCUT2D eigenvalue weighted by atomic mass is 32.2. The fraction of sp³-hybridized carbons (Fsp3) is 0.0952. The fourth-order valence-corrected chi connectivity index (χ4v) is 4.42. The van der Waals surface area contributed by atoms with Crippen molar-refractivity contribution in [3.8, 4) is 5.75 Å². The highest BCUT2D eigenvalue weighted by Gasteiger charge is 2.31. The minimum Gasteiger partial charge on any atom is -0.497 e. The number of aromatic nitrogens is 1. The van der Waals surface area contributed by atoms with Gasteiger partial charge in [-0.15, -0.1) is 0 Å². The van der Waals surface area contributed by atoms with Crippen LogP contribution in [0.4, 0.5) is 5.69 Å². The van der Waals surface area contributed by atoms with E-state index in [4.69, 9.17) is 4.74 Å². The lowest BCUT2D eigenvalue weighted by molar-refractivity contribution is 0.0697. The van der Waals surface area contributed by atoms with Crippen LogP contribution in [0.15, 0.2) is 71.9 Å². The highest BCUT2D eigenvalue weighted by Crippen LogP contribution is 2.32. The maximum absolute atomic E-state index is 13.5. The largest absolute Gasteiger partial charge is 0.497 e. The van der Waals surface area contributed by atoms with Crippen molar-refractivity contribution in [1.82, 2.24) is 4.98 Å². The van der Waals surface area contributed by atoms with Crippen LogP contribution in [-0.2, 0) is 16.6 Å². The number of nitrogens with zero attached hydrogens (tertiary/aromatic N) is 2. The SMILES string of the molecule is COc1ccc(S(=O)(=O)N(Cc2cccnc2)c2c(C=O)cccc2C(=O)O)cc1. The monoisotopic (exact) mass is 426 g/mol. The number of aldehydes is 1. The molecule has 0 aliphatic carbocycles. The number of rotatable bonds is 8. The Morgan fingerprint density at radius 1 is 1.13 bits per heavy atom. The van der Waals surface area contributed by atoms with Crippen LogP contribution in [0.1, 0.15) is 26.3 Å². The van der Waals surface area contributed by atoms with Crippen molar-refractivity contribution in [1.29, 1.82) is 0 Å². The van der Waals surface area contributed by atoms with E-state index in [1.165, 1.54) is 62.0 Å². The summed E-state index contributed by atoms with van der Waals surface area (Å²) in [6.07, 6.45) is 3.44. The van der Waals surface area contributed by atoms with Crippen molar-refractivity contribution in [3.05, 3.63) is 83.7 Å². The number of para-hydroxylation sites is 1. The molecule has 1 aromatic heterocycles. The molecule has 0 unspecified atom stereocenters. The number of ether oxygens (including phenoxy) is 1. The van der Waals surface area contributed by atoms with Crippen molar-refractivity contribution in [2.75, 3.05) is 11.4 Å². The number of hydrogen-bond acceptors (Lipinski definition) is 6. The Labute approximate surface area is 173 Å². The molecule has 0 atom stereocenters. The van der Waals surface area contributed by atoms with Crippen LogP contribution in [-0.4, -0.2) is 37.9 Å². The standard InChI is InChI=1S/C21H18N2O6S/c1-29-17-7-9-18(10-8-17)30(27,28)23(13-15-4-3-11-22-12-15)20-16(14-24)5-2-6-19(20)21(25)26/h2-12,14H,13H2,1H3,(H,25,26). The van der Waals surface area contributed by atoms with E-state index in [1.807, 2.05) is 0 Å². The van der Waals surface area contributed by atoms with Crippen molar-refractivity contribution in [2.45, 2.75) is 11.4 Å². The quantitative estimate of drug-likeness (QED) is 0.551. The summed E-state index contributed by atoms with van der Waals surface area (Å²) in [5.41, 5.74) is -0.0530. The number of sulfonamides is 1. The van der Waals surface area contributed by atoms with Gasteiger partial charge in [0.25, 0.3) is 10.0 Å². The second kappa shape index (κ2) is 8.75. The zero-order chi connectivity index (χ0) is 21.7. The van der Waals surface area contributed by atoms with Crippen LogP contribution in [0.5, 0.6) is 5.75 Å². The van der Waals surface area contributed by atoms with E-state index in [0.29, 0.717) is 17.6 Å². The van der Waals surface area contributed by atoms with Crippen LogP contribution in [0, 0.1) is 0 Å². The smallest absolute Gasteiger partial charge is 0.337 e. The van der Waals surface area contributed by atoms with Crippen molar-refractivity contribution in [2.24, 2.45) is 0 Å². The lowest BCUT2D eigenvalue weighted by atomic mass is 10.1. The molecule has 9 heteroatoms. The van der Waals surface area contributed by atoms with Crippen molar-refractivity contribution >= 4 is 28.0 Å². The summed E-state index contributed by atoms with van der Waals surface area (Å²) >= 11 is 0. The molecule has 1 heterocycles. The summed E-state index contributed by atoms with van der Waals surface area (Å²) < 4.78 is 33.1. The number of methoxy groups -OCH3 is 1. The first-order chi connectivity index (χ1) is 14.4. The number of aromatic carboxylic acids is 1. The van der Waals surface area contributed by atoms with Crippen LogP contribution in [0.2, 0.25) is 0 Å². The number of carboxylic acids is 1. The first-order valence-electron chi connectivity index (χ1n) is 8.75. The van der Waals surface area contributed by atoms with E-state index in [1.54, 1.807) is 12.1 Å². The second-order valence-corrected chi connectivity index (χ2v) is 8.08. The molecule has 0 aliphatic heterocycles. The number of hydrogen-bond donors (Lipinski definition) is 1. The number of pyridine rings is 1. The summed E-state index contributed by atoms with van der Waals surface area (Å²) in [6, 6.07) is 13.0. The average molecular weight is 426 g/mol. The average Bonchev–Trinajstić information content (AvgIpc) is 2.77. The maximum atomic E-state index is 13.5. The minimum absolute atomic E-state index is 0.0594. The molecular formula is C21H18N2O6S. The number of carbonyl (C=O) groups is 2. The van der Waals surface area contributed by atoms with Gasteiger partial charge in [-0.25, -0.2) is 13.2 Å². The summed E-state index contributed by atoms with van der Waals surface area (Å²) in [4.78, 5) is 27.4. The van der Waals surface area contributed by atoms with Gasteiger partial charge in [-0.2, -0.15) is 0 Å². The molecule has 30 heavy (non-hydrogen) atoms. The normalized spacial score (nSPS) is 11.0. The first kappa shape index (κ1) is 21.0. The molecule has 2 aromatic carbocycles. The summed E-state index contributed by atoms with van der Waals surface area (Å²) in [6.45, 7) is -0.215. The highest BCUT2D eigenvalue weighted by molar-refractivity contribution is 7.92. The predicted octanol–water partition coefficient (Wildman–Crippen LogP) is 3.00.